The van der Waals surface area contributed by atoms with Crippen molar-refractivity contribution in [3.8, 4) is 0 Å². The van der Waals surface area contributed by atoms with Crippen LogP contribution in [0.4, 0.5) is 26.3 Å². The lowest BCUT2D eigenvalue weighted by molar-refractivity contribution is -0.162. The molecule has 0 heterocycles. The molecule has 0 saturated carbocycles. The zero-order chi connectivity index (χ0) is 19.4. The van der Waals surface area contributed by atoms with E-state index in [-0.39, 0.29) is 19.4 Å². The van der Waals surface area contributed by atoms with Crippen molar-refractivity contribution in [2.75, 3.05) is 6.54 Å². The fourth-order valence-electron chi connectivity index (χ4n) is 2.75. The smallest absolute Gasteiger partial charge is 0.417 e. The van der Waals surface area contributed by atoms with Crippen LogP contribution >= 0.6 is 0 Å². The molecule has 25 heavy (non-hydrogen) atoms. The molecule has 3 N–H and O–H groups in total. The van der Waals surface area contributed by atoms with Gasteiger partial charge in [0.05, 0.1) is 17.0 Å². The Morgan fingerprint density at radius 2 is 1.76 bits per heavy atom. The molecule has 1 aromatic rings. The van der Waals surface area contributed by atoms with E-state index in [0.29, 0.717) is 12.5 Å². The first-order valence-electron chi connectivity index (χ1n) is 7.60. The van der Waals surface area contributed by atoms with Gasteiger partial charge in [-0.25, -0.2) is 0 Å². The van der Waals surface area contributed by atoms with Crippen molar-refractivity contribution in [2.24, 2.45) is 17.6 Å². The molecule has 142 valence electrons. The number of aliphatic carboxylic acids is 1. The van der Waals surface area contributed by atoms with Gasteiger partial charge in [0.1, 0.15) is 0 Å². The van der Waals surface area contributed by atoms with E-state index in [2.05, 4.69) is 0 Å². The Labute approximate surface area is 140 Å². The van der Waals surface area contributed by atoms with Crippen molar-refractivity contribution in [3.05, 3.63) is 34.9 Å². The molecule has 0 aliphatic heterocycles. The Morgan fingerprint density at radius 3 is 2.16 bits per heavy atom. The van der Waals surface area contributed by atoms with Crippen LogP contribution in [-0.4, -0.2) is 17.6 Å². The lowest BCUT2D eigenvalue weighted by Gasteiger charge is -2.23. The van der Waals surface area contributed by atoms with Crippen molar-refractivity contribution < 1.29 is 36.2 Å². The highest BCUT2D eigenvalue weighted by molar-refractivity contribution is 5.70. The van der Waals surface area contributed by atoms with Gasteiger partial charge in [-0.05, 0) is 30.4 Å². The number of rotatable bonds is 7. The maximum absolute atomic E-state index is 13.2. The fraction of sp³-hybridized carbons (Fsp3) is 0.562. The van der Waals surface area contributed by atoms with Crippen LogP contribution in [0.25, 0.3) is 0 Å². The number of carbonyl (C=O) groups is 1. The van der Waals surface area contributed by atoms with Crippen molar-refractivity contribution in [1.29, 1.82) is 0 Å². The quantitative estimate of drug-likeness (QED) is 0.701. The highest BCUT2D eigenvalue weighted by atomic mass is 19.4. The molecule has 0 fully saturated rings. The average molecular weight is 371 g/mol. The summed E-state index contributed by atoms with van der Waals surface area (Å²) in [5, 5.41) is 9.01. The average Bonchev–Trinajstić information content (AvgIpc) is 2.48. The number of carboxylic acid groups (broad SMARTS) is 1. The standard InChI is InChI=1S/C16H19F6NO2/c1-2-9(7-11(8-23)14(24)25)6-10-4-3-5-12(15(17,18)19)13(10)16(20,21)22/h3-5,9,11H,2,6-8,23H2,1H3,(H,24,25). The van der Waals surface area contributed by atoms with E-state index >= 15 is 0 Å². The van der Waals surface area contributed by atoms with Crippen LogP contribution < -0.4 is 5.73 Å². The van der Waals surface area contributed by atoms with Crippen LogP contribution in [-0.2, 0) is 23.6 Å². The molecule has 2 unspecified atom stereocenters. The van der Waals surface area contributed by atoms with Gasteiger partial charge >= 0.3 is 18.3 Å². The Morgan fingerprint density at radius 1 is 1.16 bits per heavy atom. The van der Waals surface area contributed by atoms with E-state index in [1.54, 1.807) is 6.92 Å². The van der Waals surface area contributed by atoms with E-state index in [0.717, 1.165) is 12.1 Å². The van der Waals surface area contributed by atoms with Gasteiger partial charge in [-0.1, -0.05) is 25.5 Å². The Hall–Kier alpha value is -1.77. The third-order valence-corrected chi connectivity index (χ3v) is 4.08. The minimum Gasteiger partial charge on any atom is -0.481 e. The second kappa shape index (κ2) is 8.07. The molecular formula is C16H19F6NO2. The van der Waals surface area contributed by atoms with E-state index in [4.69, 9.17) is 10.8 Å². The predicted molar refractivity (Wildman–Crippen MR) is 78.7 cm³/mol. The van der Waals surface area contributed by atoms with Gasteiger partial charge in [0.25, 0.3) is 0 Å². The first-order valence-corrected chi connectivity index (χ1v) is 7.60. The summed E-state index contributed by atoms with van der Waals surface area (Å²) in [6.45, 7) is 1.45. The SMILES string of the molecule is CCC(Cc1cccc(C(F)(F)F)c1C(F)(F)F)CC(CN)C(=O)O. The largest absolute Gasteiger partial charge is 0.481 e. The van der Waals surface area contributed by atoms with Crippen molar-refractivity contribution in [1.82, 2.24) is 0 Å². The van der Waals surface area contributed by atoms with Gasteiger partial charge in [0.2, 0.25) is 0 Å². The number of carboxylic acids is 1. The number of hydrogen-bond acceptors (Lipinski definition) is 2. The monoisotopic (exact) mass is 371 g/mol. The summed E-state index contributed by atoms with van der Waals surface area (Å²) in [6, 6.07) is 2.32. The molecule has 0 amide bonds. The molecule has 9 heteroatoms. The van der Waals surface area contributed by atoms with Gasteiger partial charge < -0.3 is 10.8 Å². The lowest BCUT2D eigenvalue weighted by atomic mass is 9.85. The number of halogens is 6. The Bertz CT molecular complexity index is 597. The maximum atomic E-state index is 13.2. The summed E-state index contributed by atoms with van der Waals surface area (Å²) in [5.74, 6) is -2.67. The second-order valence-electron chi connectivity index (χ2n) is 5.82. The van der Waals surface area contributed by atoms with E-state index in [1.165, 1.54) is 0 Å². The van der Waals surface area contributed by atoms with Crippen LogP contribution in [0, 0.1) is 11.8 Å². The molecular weight excluding hydrogens is 352 g/mol. The van der Waals surface area contributed by atoms with Crippen molar-refractivity contribution in [2.45, 2.75) is 38.5 Å². The van der Waals surface area contributed by atoms with E-state index < -0.39 is 46.8 Å². The topological polar surface area (TPSA) is 63.3 Å². The molecule has 0 aliphatic carbocycles. The van der Waals surface area contributed by atoms with E-state index in [1.807, 2.05) is 0 Å². The molecule has 0 aromatic heterocycles. The van der Waals surface area contributed by atoms with Crippen LogP contribution in [0.15, 0.2) is 18.2 Å². The first kappa shape index (κ1) is 21.3. The first-order chi connectivity index (χ1) is 11.4. The third-order valence-electron chi connectivity index (χ3n) is 4.08. The van der Waals surface area contributed by atoms with Crippen LogP contribution in [0.3, 0.4) is 0 Å². The highest BCUT2D eigenvalue weighted by Gasteiger charge is 2.44. The summed E-state index contributed by atoms with van der Waals surface area (Å²) >= 11 is 0. The van der Waals surface area contributed by atoms with Crippen LogP contribution in [0.1, 0.15) is 36.5 Å². The molecule has 0 bridgehead atoms. The molecule has 3 nitrogen and oxygen atoms in total. The second-order valence-corrected chi connectivity index (χ2v) is 5.82. The van der Waals surface area contributed by atoms with E-state index in [9.17, 15) is 31.1 Å². The Kier molecular flexibility index (Phi) is 6.87. The van der Waals surface area contributed by atoms with Crippen molar-refractivity contribution in [3.63, 3.8) is 0 Å². The van der Waals surface area contributed by atoms with Gasteiger partial charge in [0, 0.05) is 6.54 Å². The molecule has 1 aromatic carbocycles. The minimum atomic E-state index is -5.17. The normalized spacial score (nSPS) is 15.0. The summed E-state index contributed by atoms with van der Waals surface area (Å²) in [7, 11) is 0. The van der Waals surface area contributed by atoms with Gasteiger partial charge in [-0.2, -0.15) is 26.3 Å². The van der Waals surface area contributed by atoms with Crippen LogP contribution in [0.5, 0.6) is 0 Å². The fourth-order valence-corrected chi connectivity index (χ4v) is 2.75. The third kappa shape index (κ3) is 5.62. The lowest BCUT2D eigenvalue weighted by Crippen LogP contribution is -2.27. The number of hydrogen-bond donors (Lipinski definition) is 2. The summed E-state index contributed by atoms with van der Waals surface area (Å²) in [4.78, 5) is 11.0. The van der Waals surface area contributed by atoms with Gasteiger partial charge in [0.15, 0.2) is 0 Å². The molecule has 1 rings (SSSR count). The van der Waals surface area contributed by atoms with Crippen LogP contribution in [0.2, 0.25) is 0 Å². The molecule has 0 saturated heterocycles. The maximum Gasteiger partial charge on any atom is 0.417 e. The zero-order valence-corrected chi connectivity index (χ0v) is 13.4. The summed E-state index contributed by atoms with van der Waals surface area (Å²) < 4.78 is 78.6. The number of nitrogens with two attached hydrogens (primary N) is 1. The molecule has 0 spiro atoms. The number of benzene rings is 1. The summed E-state index contributed by atoms with van der Waals surface area (Å²) in [5.41, 5.74) is 1.41. The summed E-state index contributed by atoms with van der Waals surface area (Å²) in [6.07, 6.45) is -10.3. The molecule has 2 atom stereocenters. The molecule has 0 aliphatic rings. The van der Waals surface area contributed by atoms with Crippen molar-refractivity contribution >= 4 is 5.97 Å². The Balaban J connectivity index is 3.26. The predicted octanol–water partition coefficient (Wildman–Crippen LogP) is 4.34. The highest BCUT2D eigenvalue weighted by Crippen LogP contribution is 2.42. The zero-order valence-electron chi connectivity index (χ0n) is 13.4. The minimum absolute atomic E-state index is 0.00409. The van der Waals surface area contributed by atoms with Gasteiger partial charge in [-0.3, -0.25) is 4.79 Å². The number of alkyl halides is 6. The molecule has 0 radical (unpaired) electrons. The van der Waals surface area contributed by atoms with Gasteiger partial charge in [-0.15, -0.1) is 0 Å².